The maximum atomic E-state index is 13.3. The van der Waals surface area contributed by atoms with Crippen LogP contribution in [0.1, 0.15) is 48.0 Å². The number of hydrogen-bond acceptors (Lipinski definition) is 2. The van der Waals surface area contributed by atoms with E-state index < -0.39 is 6.04 Å². The first kappa shape index (κ1) is 19.0. The second-order valence-electron chi connectivity index (χ2n) is 7.75. The Kier molecular flexibility index (Phi) is 5.67. The van der Waals surface area contributed by atoms with Gasteiger partial charge in [-0.05, 0) is 48.9 Å². The summed E-state index contributed by atoms with van der Waals surface area (Å²) in [6.45, 7) is 0.373. The molecule has 0 radical (unpaired) electrons. The summed E-state index contributed by atoms with van der Waals surface area (Å²) >= 11 is 6.21. The molecule has 146 valence electrons. The van der Waals surface area contributed by atoms with Gasteiger partial charge in [0, 0.05) is 23.2 Å². The Morgan fingerprint density at radius 3 is 2.50 bits per heavy atom. The Hall–Kier alpha value is -2.33. The van der Waals surface area contributed by atoms with Crippen molar-refractivity contribution in [2.24, 2.45) is 5.92 Å². The first-order valence-electron chi connectivity index (χ1n) is 10.0. The maximum Gasteiger partial charge on any atom is 0.254 e. The van der Waals surface area contributed by atoms with Crippen molar-refractivity contribution in [1.29, 1.82) is 0 Å². The normalized spacial score (nSPS) is 23.9. The molecule has 1 aliphatic carbocycles. The van der Waals surface area contributed by atoms with Gasteiger partial charge in [0.05, 0.1) is 0 Å². The molecule has 2 aromatic rings. The molecule has 1 heterocycles. The molecule has 3 atom stereocenters. The lowest BCUT2D eigenvalue weighted by Gasteiger charge is -2.33. The van der Waals surface area contributed by atoms with E-state index >= 15 is 0 Å². The largest absolute Gasteiger partial charge is 0.350 e. The highest BCUT2D eigenvalue weighted by atomic mass is 35.5. The number of amides is 2. The van der Waals surface area contributed by atoms with Crippen LogP contribution in [0, 0.1) is 5.92 Å². The number of halogens is 1. The topological polar surface area (TPSA) is 49.4 Å². The smallest absolute Gasteiger partial charge is 0.254 e. The van der Waals surface area contributed by atoms with E-state index in [1.54, 1.807) is 0 Å². The van der Waals surface area contributed by atoms with Gasteiger partial charge in [-0.25, -0.2) is 0 Å². The predicted molar refractivity (Wildman–Crippen MR) is 110 cm³/mol. The molecule has 5 heteroatoms. The second-order valence-corrected chi connectivity index (χ2v) is 8.16. The number of rotatable bonds is 4. The van der Waals surface area contributed by atoms with E-state index in [-0.39, 0.29) is 17.9 Å². The van der Waals surface area contributed by atoms with Crippen LogP contribution in [-0.4, -0.2) is 28.8 Å². The van der Waals surface area contributed by atoms with E-state index in [0.717, 1.165) is 31.2 Å². The molecule has 2 aliphatic rings. The molecule has 2 fully saturated rings. The highest BCUT2D eigenvalue weighted by Crippen LogP contribution is 2.40. The summed E-state index contributed by atoms with van der Waals surface area (Å²) in [5, 5.41) is 3.65. The zero-order valence-corrected chi connectivity index (χ0v) is 16.6. The summed E-state index contributed by atoms with van der Waals surface area (Å²) in [6, 6.07) is 16.6. The number of carbonyl (C=O) groups excluding carboxylic acids is 2. The van der Waals surface area contributed by atoms with Crippen molar-refractivity contribution in [3.05, 3.63) is 70.7 Å². The standard InChI is InChI=1S/C23H25ClN2O2/c24-19-12-6-4-11-18(19)15-25-22(27)21-14-17-10-5-7-13-20(17)26(21)23(28)16-8-2-1-3-9-16/h1-4,6,8-9,11-12,17,20-21H,5,7,10,13-15H2,(H,25,27). The van der Waals surface area contributed by atoms with Crippen molar-refractivity contribution in [3.8, 4) is 0 Å². The second kappa shape index (κ2) is 8.36. The number of nitrogens with one attached hydrogen (secondary N) is 1. The third-order valence-corrected chi connectivity index (χ3v) is 6.43. The summed E-state index contributed by atoms with van der Waals surface area (Å²) in [7, 11) is 0. The summed E-state index contributed by atoms with van der Waals surface area (Å²) < 4.78 is 0. The number of hydrogen-bond donors (Lipinski definition) is 1. The molecule has 2 amide bonds. The zero-order chi connectivity index (χ0) is 19.5. The molecular formula is C23H25ClN2O2. The third kappa shape index (κ3) is 3.79. The van der Waals surface area contributed by atoms with Gasteiger partial charge in [0.15, 0.2) is 0 Å². The van der Waals surface area contributed by atoms with E-state index in [1.807, 2.05) is 59.5 Å². The Morgan fingerprint density at radius 1 is 1.00 bits per heavy atom. The molecule has 4 nitrogen and oxygen atoms in total. The molecular weight excluding hydrogens is 372 g/mol. The lowest BCUT2D eigenvalue weighted by molar-refractivity contribution is -0.125. The molecule has 3 unspecified atom stereocenters. The Labute approximate surface area is 170 Å². The zero-order valence-electron chi connectivity index (χ0n) is 15.8. The lowest BCUT2D eigenvalue weighted by Crippen LogP contribution is -2.49. The van der Waals surface area contributed by atoms with Crippen LogP contribution in [0.25, 0.3) is 0 Å². The van der Waals surface area contributed by atoms with Gasteiger partial charge in [-0.3, -0.25) is 9.59 Å². The number of benzene rings is 2. The average Bonchev–Trinajstić information content (AvgIpc) is 3.13. The number of likely N-dealkylation sites (tertiary alicyclic amines) is 1. The van der Waals surface area contributed by atoms with Crippen molar-refractivity contribution in [1.82, 2.24) is 10.2 Å². The highest BCUT2D eigenvalue weighted by molar-refractivity contribution is 6.31. The first-order chi connectivity index (χ1) is 13.6. The minimum absolute atomic E-state index is 0.0344. The minimum atomic E-state index is -0.414. The Balaban J connectivity index is 1.54. The van der Waals surface area contributed by atoms with Gasteiger partial charge < -0.3 is 10.2 Å². The van der Waals surface area contributed by atoms with Gasteiger partial charge in [-0.1, -0.05) is 60.8 Å². The van der Waals surface area contributed by atoms with Crippen molar-refractivity contribution in [3.63, 3.8) is 0 Å². The van der Waals surface area contributed by atoms with Gasteiger partial charge in [-0.2, -0.15) is 0 Å². The third-order valence-electron chi connectivity index (χ3n) is 6.06. The Bertz CT molecular complexity index is 855. The molecule has 28 heavy (non-hydrogen) atoms. The van der Waals surface area contributed by atoms with Gasteiger partial charge >= 0.3 is 0 Å². The van der Waals surface area contributed by atoms with Gasteiger partial charge in [-0.15, -0.1) is 0 Å². The molecule has 0 bridgehead atoms. The SMILES string of the molecule is O=C(NCc1ccccc1Cl)C1CC2CCCCC2N1C(=O)c1ccccc1. The summed E-state index contributed by atoms with van der Waals surface area (Å²) in [4.78, 5) is 28.2. The van der Waals surface area contributed by atoms with E-state index in [0.29, 0.717) is 23.0 Å². The molecule has 1 saturated carbocycles. The van der Waals surface area contributed by atoms with Gasteiger partial charge in [0.25, 0.3) is 5.91 Å². The fraction of sp³-hybridized carbons (Fsp3) is 0.391. The van der Waals surface area contributed by atoms with E-state index in [1.165, 1.54) is 6.42 Å². The van der Waals surface area contributed by atoms with E-state index in [9.17, 15) is 9.59 Å². The Morgan fingerprint density at radius 2 is 1.71 bits per heavy atom. The predicted octanol–water partition coefficient (Wildman–Crippen LogP) is 4.43. The summed E-state index contributed by atoms with van der Waals surface area (Å²) in [6.07, 6.45) is 5.13. The van der Waals surface area contributed by atoms with Crippen LogP contribution in [-0.2, 0) is 11.3 Å². The molecule has 1 N–H and O–H groups in total. The number of fused-ring (bicyclic) bond motifs is 1. The van der Waals surface area contributed by atoms with Gasteiger partial charge in [0.1, 0.15) is 6.04 Å². The van der Waals surface area contributed by atoms with Crippen molar-refractivity contribution < 1.29 is 9.59 Å². The van der Waals surface area contributed by atoms with Crippen LogP contribution in [0.15, 0.2) is 54.6 Å². The summed E-state index contributed by atoms with van der Waals surface area (Å²) in [5.74, 6) is 0.295. The van der Waals surface area contributed by atoms with Crippen molar-refractivity contribution >= 4 is 23.4 Å². The van der Waals surface area contributed by atoms with Gasteiger partial charge in [0.2, 0.25) is 5.91 Å². The lowest BCUT2D eigenvalue weighted by atomic mass is 9.84. The highest BCUT2D eigenvalue weighted by Gasteiger charge is 2.47. The first-order valence-corrected chi connectivity index (χ1v) is 10.4. The molecule has 0 spiro atoms. The maximum absolute atomic E-state index is 13.3. The molecule has 0 aromatic heterocycles. The van der Waals surface area contributed by atoms with Crippen LogP contribution in [0.4, 0.5) is 0 Å². The fourth-order valence-corrected chi connectivity index (χ4v) is 4.86. The molecule has 2 aromatic carbocycles. The monoisotopic (exact) mass is 396 g/mol. The van der Waals surface area contributed by atoms with Crippen LogP contribution in [0.5, 0.6) is 0 Å². The van der Waals surface area contributed by atoms with Crippen molar-refractivity contribution in [2.45, 2.75) is 50.7 Å². The average molecular weight is 397 g/mol. The van der Waals surface area contributed by atoms with E-state index in [2.05, 4.69) is 5.32 Å². The number of carbonyl (C=O) groups is 2. The van der Waals surface area contributed by atoms with Crippen LogP contribution in [0.2, 0.25) is 5.02 Å². The van der Waals surface area contributed by atoms with Crippen LogP contribution < -0.4 is 5.32 Å². The molecule has 4 rings (SSSR count). The number of nitrogens with zero attached hydrogens (tertiary/aromatic N) is 1. The van der Waals surface area contributed by atoms with Crippen LogP contribution >= 0.6 is 11.6 Å². The molecule has 1 saturated heterocycles. The fourth-order valence-electron chi connectivity index (χ4n) is 4.66. The minimum Gasteiger partial charge on any atom is -0.350 e. The van der Waals surface area contributed by atoms with Crippen LogP contribution in [0.3, 0.4) is 0 Å². The molecule has 1 aliphatic heterocycles. The van der Waals surface area contributed by atoms with Crippen molar-refractivity contribution in [2.75, 3.05) is 0 Å². The quantitative estimate of drug-likeness (QED) is 0.831. The summed E-state index contributed by atoms with van der Waals surface area (Å²) in [5.41, 5.74) is 1.53. The van der Waals surface area contributed by atoms with E-state index in [4.69, 9.17) is 11.6 Å².